The third kappa shape index (κ3) is 5.03. The number of anilines is 1. The molecule has 1 aliphatic carbocycles. The van der Waals surface area contributed by atoms with Crippen LogP contribution in [0.15, 0.2) is 58.4 Å². The van der Waals surface area contributed by atoms with Crippen LogP contribution < -0.4 is 10.1 Å². The van der Waals surface area contributed by atoms with E-state index in [0.717, 1.165) is 34.7 Å². The molecule has 32 heavy (non-hydrogen) atoms. The third-order valence-corrected chi connectivity index (χ3v) is 5.92. The molecule has 0 bridgehead atoms. The van der Waals surface area contributed by atoms with Crippen LogP contribution in [0.25, 0.3) is 11.3 Å². The van der Waals surface area contributed by atoms with Gasteiger partial charge in [0.1, 0.15) is 5.75 Å². The van der Waals surface area contributed by atoms with Crippen LogP contribution in [0.3, 0.4) is 0 Å². The minimum atomic E-state index is -0.0738. The van der Waals surface area contributed by atoms with Gasteiger partial charge >= 0.3 is 0 Å². The van der Waals surface area contributed by atoms with Gasteiger partial charge in [-0.25, -0.2) is 4.98 Å². The van der Waals surface area contributed by atoms with Gasteiger partial charge in [0, 0.05) is 22.5 Å². The lowest BCUT2D eigenvalue weighted by Crippen LogP contribution is -2.14. The average Bonchev–Trinajstić information content (AvgIpc) is 3.38. The highest BCUT2D eigenvalue weighted by molar-refractivity contribution is 7.09. The van der Waals surface area contributed by atoms with Crippen LogP contribution in [0.4, 0.5) is 5.69 Å². The fourth-order valence-corrected chi connectivity index (χ4v) is 3.91. The molecule has 162 valence electrons. The summed E-state index contributed by atoms with van der Waals surface area (Å²) in [6, 6.07) is 15.2. The molecular formula is C24H22N4O3S. The van der Waals surface area contributed by atoms with Gasteiger partial charge < -0.3 is 14.6 Å². The fourth-order valence-electron chi connectivity index (χ4n) is 3.28. The molecule has 1 N–H and O–H groups in total. The van der Waals surface area contributed by atoms with E-state index in [1.807, 2.05) is 60.8 Å². The fraction of sp³-hybridized carbons (Fsp3) is 0.250. The van der Waals surface area contributed by atoms with E-state index in [4.69, 9.17) is 9.26 Å². The van der Waals surface area contributed by atoms with Gasteiger partial charge in [0.2, 0.25) is 17.6 Å². The Morgan fingerprint density at radius 3 is 2.59 bits per heavy atom. The van der Waals surface area contributed by atoms with Gasteiger partial charge in [-0.05, 0) is 49.6 Å². The second kappa shape index (κ2) is 8.92. The van der Waals surface area contributed by atoms with E-state index in [0.29, 0.717) is 35.5 Å². The van der Waals surface area contributed by atoms with Crippen LogP contribution in [-0.4, -0.2) is 21.0 Å². The van der Waals surface area contributed by atoms with Gasteiger partial charge in [0.05, 0.1) is 17.1 Å². The number of amides is 1. The summed E-state index contributed by atoms with van der Waals surface area (Å²) in [6.07, 6.45) is 2.54. The first kappa shape index (κ1) is 20.4. The van der Waals surface area contributed by atoms with Gasteiger partial charge in [-0.2, -0.15) is 4.98 Å². The summed E-state index contributed by atoms with van der Waals surface area (Å²) >= 11 is 1.63. The van der Waals surface area contributed by atoms with Crippen molar-refractivity contribution >= 4 is 22.9 Å². The lowest BCUT2D eigenvalue weighted by molar-refractivity contribution is -0.115. The van der Waals surface area contributed by atoms with Crippen molar-refractivity contribution in [1.82, 2.24) is 15.1 Å². The smallest absolute Gasteiger partial charge is 0.229 e. The number of aromatic nitrogens is 3. The van der Waals surface area contributed by atoms with Crippen LogP contribution in [0.1, 0.15) is 41.0 Å². The number of carbonyl (C=O) groups is 1. The minimum Gasteiger partial charge on any atom is -0.485 e. The van der Waals surface area contributed by atoms with Gasteiger partial charge in [-0.15, -0.1) is 11.3 Å². The molecule has 2 aromatic carbocycles. The molecule has 0 aliphatic heterocycles. The molecule has 1 aliphatic rings. The summed E-state index contributed by atoms with van der Waals surface area (Å²) in [7, 11) is 0. The van der Waals surface area contributed by atoms with E-state index in [2.05, 4.69) is 20.4 Å². The molecule has 5 rings (SSSR count). The Labute approximate surface area is 189 Å². The Balaban J connectivity index is 1.11. The molecule has 1 saturated carbocycles. The van der Waals surface area contributed by atoms with Gasteiger partial charge in [-0.1, -0.05) is 29.4 Å². The van der Waals surface area contributed by atoms with E-state index in [1.165, 1.54) is 0 Å². The first-order valence-electron chi connectivity index (χ1n) is 10.5. The number of aryl methyl sites for hydroxylation is 1. The summed E-state index contributed by atoms with van der Waals surface area (Å²) in [5.74, 6) is 2.28. The summed E-state index contributed by atoms with van der Waals surface area (Å²) in [5.41, 5.74) is 3.68. The lowest BCUT2D eigenvalue weighted by atomic mass is 10.1. The number of carbonyl (C=O) groups excluding carboxylic acids is 1. The molecule has 2 heterocycles. The van der Waals surface area contributed by atoms with Crippen LogP contribution in [0.2, 0.25) is 0 Å². The quantitative estimate of drug-likeness (QED) is 0.403. The molecule has 7 nitrogen and oxygen atoms in total. The van der Waals surface area contributed by atoms with Crippen LogP contribution in [0.5, 0.6) is 5.75 Å². The van der Waals surface area contributed by atoms with E-state index in [9.17, 15) is 4.79 Å². The Bertz CT molecular complexity index is 1210. The number of hydrogen-bond acceptors (Lipinski definition) is 7. The summed E-state index contributed by atoms with van der Waals surface area (Å²) in [6.45, 7) is 2.24. The molecule has 1 amide bonds. The zero-order valence-electron chi connectivity index (χ0n) is 17.6. The Morgan fingerprint density at radius 1 is 1.12 bits per heavy atom. The second-order valence-corrected chi connectivity index (χ2v) is 8.87. The number of hydrogen-bond donors (Lipinski definition) is 1. The number of nitrogens with zero attached hydrogens (tertiary/aromatic N) is 3. The first-order chi connectivity index (χ1) is 15.6. The maximum absolute atomic E-state index is 12.4. The Morgan fingerprint density at radius 2 is 1.91 bits per heavy atom. The summed E-state index contributed by atoms with van der Waals surface area (Å²) in [5, 5.41) is 9.94. The third-order valence-electron chi connectivity index (χ3n) is 5.15. The van der Waals surface area contributed by atoms with Crippen molar-refractivity contribution in [3.05, 3.63) is 76.2 Å². The molecule has 4 aromatic rings. The van der Waals surface area contributed by atoms with E-state index in [1.54, 1.807) is 11.3 Å². The first-order valence-corrected chi connectivity index (χ1v) is 11.4. The van der Waals surface area contributed by atoms with Crippen molar-refractivity contribution in [1.29, 1.82) is 0 Å². The highest BCUT2D eigenvalue weighted by Gasteiger charge is 2.29. The largest absolute Gasteiger partial charge is 0.485 e. The van der Waals surface area contributed by atoms with Crippen molar-refractivity contribution in [3.63, 3.8) is 0 Å². The highest BCUT2D eigenvalue weighted by Crippen LogP contribution is 2.38. The molecule has 0 saturated heterocycles. The van der Waals surface area contributed by atoms with Crippen LogP contribution in [0, 0.1) is 6.92 Å². The SMILES string of the molecule is Cc1nc(-c2ccc(CC(=O)Nc3ccc(OCc4noc(C5CC5)n4)cc3)cc2)cs1. The van der Waals surface area contributed by atoms with E-state index >= 15 is 0 Å². The predicted molar refractivity (Wildman–Crippen MR) is 122 cm³/mol. The van der Waals surface area contributed by atoms with Crippen molar-refractivity contribution < 1.29 is 14.1 Å². The van der Waals surface area contributed by atoms with Crippen LogP contribution in [-0.2, 0) is 17.8 Å². The molecule has 0 spiro atoms. The predicted octanol–water partition coefficient (Wildman–Crippen LogP) is 5.14. The number of thiazole rings is 1. The van der Waals surface area contributed by atoms with Crippen molar-refractivity contribution in [2.24, 2.45) is 0 Å². The standard InChI is InChI=1S/C24H22N4O3S/c1-15-25-21(14-32-15)17-4-2-16(3-5-17)12-23(29)26-19-8-10-20(11-9-19)30-13-22-27-24(31-28-22)18-6-7-18/h2-5,8-11,14,18H,6-7,12-13H2,1H3,(H,26,29). The van der Waals surface area contributed by atoms with Gasteiger partial charge in [0.15, 0.2) is 6.61 Å². The molecule has 0 unspecified atom stereocenters. The molecule has 0 atom stereocenters. The Hall–Kier alpha value is -3.52. The number of rotatable bonds is 8. The topological polar surface area (TPSA) is 90.1 Å². The van der Waals surface area contributed by atoms with Crippen LogP contribution >= 0.6 is 11.3 Å². The second-order valence-electron chi connectivity index (χ2n) is 7.81. The summed E-state index contributed by atoms with van der Waals surface area (Å²) < 4.78 is 10.9. The highest BCUT2D eigenvalue weighted by atomic mass is 32.1. The molecular weight excluding hydrogens is 424 g/mol. The maximum Gasteiger partial charge on any atom is 0.229 e. The summed E-state index contributed by atoms with van der Waals surface area (Å²) in [4.78, 5) is 21.3. The number of nitrogens with one attached hydrogen (secondary N) is 1. The number of benzene rings is 2. The zero-order valence-corrected chi connectivity index (χ0v) is 18.4. The van der Waals surface area contributed by atoms with Crippen molar-refractivity contribution in [2.45, 2.75) is 38.7 Å². The molecule has 8 heteroatoms. The Kier molecular flexibility index (Phi) is 5.68. The minimum absolute atomic E-state index is 0.0738. The molecule has 1 fully saturated rings. The average molecular weight is 447 g/mol. The zero-order chi connectivity index (χ0) is 21.9. The monoisotopic (exact) mass is 446 g/mol. The maximum atomic E-state index is 12.4. The van der Waals surface area contributed by atoms with E-state index < -0.39 is 0 Å². The van der Waals surface area contributed by atoms with Gasteiger partial charge in [0.25, 0.3) is 0 Å². The van der Waals surface area contributed by atoms with E-state index in [-0.39, 0.29) is 12.5 Å². The normalized spacial score (nSPS) is 13.2. The number of ether oxygens (including phenoxy) is 1. The lowest BCUT2D eigenvalue weighted by Gasteiger charge is -2.08. The van der Waals surface area contributed by atoms with Crippen molar-refractivity contribution in [3.8, 4) is 17.0 Å². The van der Waals surface area contributed by atoms with Gasteiger partial charge in [-0.3, -0.25) is 4.79 Å². The molecule has 2 aromatic heterocycles. The van der Waals surface area contributed by atoms with Crippen molar-refractivity contribution in [2.75, 3.05) is 5.32 Å². The molecule has 0 radical (unpaired) electrons.